The minimum absolute atomic E-state index is 0.204. The third kappa shape index (κ3) is 2.81. The van der Waals surface area contributed by atoms with E-state index in [2.05, 4.69) is 11.3 Å². The topological polar surface area (TPSA) is 55.4 Å². The lowest BCUT2D eigenvalue weighted by molar-refractivity contribution is 0.265. The zero-order valence-electron chi connectivity index (χ0n) is 13.7. The van der Waals surface area contributed by atoms with Crippen LogP contribution < -0.4 is 9.46 Å². The third-order valence-corrected chi connectivity index (χ3v) is 5.77. The molecule has 0 aliphatic carbocycles. The number of fused-ring (bicyclic) bond motifs is 2. The van der Waals surface area contributed by atoms with Crippen LogP contribution in [0.4, 0.5) is 0 Å². The monoisotopic (exact) mass is 351 g/mol. The molecule has 4 nitrogen and oxygen atoms in total. The van der Waals surface area contributed by atoms with E-state index in [9.17, 15) is 8.42 Å². The Morgan fingerprint density at radius 1 is 1.00 bits per heavy atom. The van der Waals surface area contributed by atoms with Crippen molar-refractivity contribution in [1.29, 1.82) is 0 Å². The Kier molecular flexibility index (Phi) is 3.63. The van der Waals surface area contributed by atoms with Crippen molar-refractivity contribution in [3.63, 3.8) is 0 Å². The van der Waals surface area contributed by atoms with Gasteiger partial charge in [0.1, 0.15) is 5.75 Å². The van der Waals surface area contributed by atoms with E-state index in [0.717, 1.165) is 21.9 Å². The van der Waals surface area contributed by atoms with Crippen molar-refractivity contribution in [2.75, 3.05) is 0 Å². The van der Waals surface area contributed by atoms with E-state index in [1.807, 2.05) is 43.3 Å². The SMILES string of the molecule is C=C1c2cc3ccccc3cc2OC1NS(=O)(=O)c1ccc(C)cc1. The molecule has 25 heavy (non-hydrogen) atoms. The summed E-state index contributed by atoms with van der Waals surface area (Å²) in [7, 11) is -3.69. The minimum Gasteiger partial charge on any atom is -0.469 e. The molecule has 5 heteroatoms. The number of rotatable bonds is 3. The molecule has 0 saturated heterocycles. The van der Waals surface area contributed by atoms with Crippen molar-refractivity contribution in [3.05, 3.63) is 78.4 Å². The van der Waals surface area contributed by atoms with Gasteiger partial charge in [0.25, 0.3) is 0 Å². The van der Waals surface area contributed by atoms with Gasteiger partial charge in [0.2, 0.25) is 10.0 Å². The van der Waals surface area contributed by atoms with E-state index in [4.69, 9.17) is 4.74 Å². The highest BCUT2D eigenvalue weighted by Crippen LogP contribution is 2.38. The first-order chi connectivity index (χ1) is 11.9. The Bertz CT molecular complexity index is 1090. The summed E-state index contributed by atoms with van der Waals surface area (Å²) in [6, 6.07) is 18.5. The van der Waals surface area contributed by atoms with Gasteiger partial charge in [-0.1, -0.05) is 48.5 Å². The maximum Gasteiger partial charge on any atom is 0.243 e. The molecule has 1 atom stereocenters. The van der Waals surface area contributed by atoms with Crippen molar-refractivity contribution < 1.29 is 13.2 Å². The number of aryl methyl sites for hydroxylation is 1. The number of ether oxygens (including phenoxy) is 1. The van der Waals surface area contributed by atoms with Crippen LogP contribution in [0, 0.1) is 6.92 Å². The number of benzene rings is 3. The average Bonchev–Trinajstić information content (AvgIpc) is 2.88. The molecule has 1 aliphatic rings. The molecule has 1 N–H and O–H groups in total. The van der Waals surface area contributed by atoms with Crippen LogP contribution >= 0.6 is 0 Å². The Labute approximate surface area is 146 Å². The van der Waals surface area contributed by atoms with Gasteiger partial charge in [-0.3, -0.25) is 0 Å². The van der Waals surface area contributed by atoms with Crippen LogP contribution in [-0.2, 0) is 10.0 Å². The predicted molar refractivity (Wildman–Crippen MR) is 98.9 cm³/mol. The van der Waals surface area contributed by atoms with Crippen LogP contribution in [0.5, 0.6) is 5.75 Å². The first kappa shape index (κ1) is 15.9. The zero-order valence-corrected chi connectivity index (χ0v) is 14.5. The second-order valence-electron chi connectivity index (χ2n) is 6.15. The Balaban J connectivity index is 1.65. The normalized spacial score (nSPS) is 16.7. The average molecular weight is 351 g/mol. The Morgan fingerprint density at radius 3 is 2.32 bits per heavy atom. The maximum absolute atomic E-state index is 12.6. The highest BCUT2D eigenvalue weighted by molar-refractivity contribution is 7.89. The van der Waals surface area contributed by atoms with Gasteiger partial charge in [-0.2, -0.15) is 4.72 Å². The Hall–Kier alpha value is -2.63. The number of hydrogen-bond acceptors (Lipinski definition) is 3. The fourth-order valence-corrected chi connectivity index (χ4v) is 4.03. The summed E-state index contributed by atoms with van der Waals surface area (Å²) in [5.41, 5.74) is 2.44. The number of hydrogen-bond donors (Lipinski definition) is 1. The number of nitrogens with one attached hydrogen (secondary N) is 1. The lowest BCUT2D eigenvalue weighted by Gasteiger charge is -2.14. The quantitative estimate of drug-likeness (QED) is 0.780. The van der Waals surface area contributed by atoms with Crippen molar-refractivity contribution in [1.82, 2.24) is 4.72 Å². The molecule has 1 heterocycles. The summed E-state index contributed by atoms with van der Waals surface area (Å²) in [5, 5.41) is 2.10. The smallest absolute Gasteiger partial charge is 0.243 e. The summed E-state index contributed by atoms with van der Waals surface area (Å²) >= 11 is 0. The van der Waals surface area contributed by atoms with Gasteiger partial charge >= 0.3 is 0 Å². The largest absolute Gasteiger partial charge is 0.469 e. The predicted octanol–water partition coefficient (Wildman–Crippen LogP) is 3.86. The van der Waals surface area contributed by atoms with Crippen LogP contribution in [0.1, 0.15) is 11.1 Å². The highest BCUT2D eigenvalue weighted by Gasteiger charge is 2.31. The summed E-state index contributed by atoms with van der Waals surface area (Å²) in [5.74, 6) is 0.639. The summed E-state index contributed by atoms with van der Waals surface area (Å²) in [6.45, 7) is 5.93. The van der Waals surface area contributed by atoms with E-state index in [0.29, 0.717) is 11.3 Å². The molecule has 1 aliphatic heterocycles. The van der Waals surface area contributed by atoms with E-state index < -0.39 is 16.3 Å². The van der Waals surface area contributed by atoms with Gasteiger partial charge in [-0.05, 0) is 42.0 Å². The molecule has 0 amide bonds. The first-order valence-corrected chi connectivity index (χ1v) is 9.40. The molecule has 3 aromatic carbocycles. The second-order valence-corrected chi connectivity index (χ2v) is 7.87. The summed E-state index contributed by atoms with van der Waals surface area (Å²) in [4.78, 5) is 0.204. The highest BCUT2D eigenvalue weighted by atomic mass is 32.2. The van der Waals surface area contributed by atoms with Gasteiger partial charge < -0.3 is 4.74 Å². The minimum atomic E-state index is -3.69. The fourth-order valence-electron chi connectivity index (χ4n) is 2.93. The van der Waals surface area contributed by atoms with Crippen molar-refractivity contribution >= 4 is 26.4 Å². The van der Waals surface area contributed by atoms with Crippen LogP contribution in [-0.4, -0.2) is 14.6 Å². The fraction of sp³-hybridized carbons (Fsp3) is 0.100. The van der Waals surface area contributed by atoms with E-state index in [1.54, 1.807) is 24.3 Å². The molecule has 126 valence electrons. The molecular weight excluding hydrogens is 334 g/mol. The maximum atomic E-state index is 12.6. The van der Waals surface area contributed by atoms with Crippen LogP contribution in [0.3, 0.4) is 0 Å². The molecule has 0 bridgehead atoms. The van der Waals surface area contributed by atoms with Gasteiger partial charge in [0, 0.05) is 11.1 Å². The first-order valence-electron chi connectivity index (χ1n) is 7.92. The molecule has 0 saturated carbocycles. The molecule has 0 spiro atoms. The third-order valence-electron chi connectivity index (χ3n) is 4.35. The van der Waals surface area contributed by atoms with Crippen molar-refractivity contribution in [2.45, 2.75) is 18.0 Å². The second kappa shape index (κ2) is 5.72. The molecule has 1 unspecified atom stereocenters. The summed E-state index contributed by atoms with van der Waals surface area (Å²) in [6.07, 6.45) is -0.807. The van der Waals surface area contributed by atoms with E-state index in [-0.39, 0.29) is 4.90 Å². The van der Waals surface area contributed by atoms with Crippen LogP contribution in [0.2, 0.25) is 0 Å². The van der Waals surface area contributed by atoms with Crippen LogP contribution in [0.25, 0.3) is 16.3 Å². The van der Waals surface area contributed by atoms with Gasteiger partial charge in [0.15, 0.2) is 6.23 Å². The molecular formula is C20H17NO3S. The van der Waals surface area contributed by atoms with Crippen LogP contribution in [0.15, 0.2) is 72.1 Å². The van der Waals surface area contributed by atoms with Gasteiger partial charge in [-0.25, -0.2) is 8.42 Å². The number of sulfonamides is 1. The molecule has 4 rings (SSSR count). The van der Waals surface area contributed by atoms with Crippen molar-refractivity contribution in [2.24, 2.45) is 0 Å². The lowest BCUT2D eigenvalue weighted by Crippen LogP contribution is -2.37. The standard InChI is InChI=1S/C20H17NO3S/c1-13-7-9-17(10-8-13)25(22,23)21-20-14(2)18-11-15-5-3-4-6-16(15)12-19(18)24-20/h3-12,20-21H,2H2,1H3. The molecule has 0 radical (unpaired) electrons. The van der Waals surface area contributed by atoms with Gasteiger partial charge in [0.05, 0.1) is 4.90 Å². The zero-order chi connectivity index (χ0) is 17.6. The van der Waals surface area contributed by atoms with Crippen molar-refractivity contribution in [3.8, 4) is 5.75 Å². The lowest BCUT2D eigenvalue weighted by atomic mass is 10.0. The molecule has 0 aromatic heterocycles. The molecule has 0 fully saturated rings. The molecule has 3 aromatic rings. The van der Waals surface area contributed by atoms with E-state index >= 15 is 0 Å². The Morgan fingerprint density at radius 2 is 1.64 bits per heavy atom. The van der Waals surface area contributed by atoms with E-state index in [1.165, 1.54) is 0 Å². The van der Waals surface area contributed by atoms with Gasteiger partial charge in [-0.15, -0.1) is 0 Å². The summed E-state index contributed by atoms with van der Waals surface area (Å²) < 4.78 is 33.6.